The number of hydrogen-bond acceptors (Lipinski definition) is 10. The van der Waals surface area contributed by atoms with E-state index >= 15 is 0 Å². The van der Waals surface area contributed by atoms with E-state index in [-0.39, 0.29) is 42.2 Å². The molecule has 7 rings (SSSR count). The number of unbranched alkanes of at least 4 members (excludes halogenated alkanes) is 4. The number of anilines is 2. The van der Waals surface area contributed by atoms with Crippen LogP contribution >= 0.6 is 11.6 Å². The number of fused-ring (bicyclic) bond motifs is 2. The summed E-state index contributed by atoms with van der Waals surface area (Å²) in [6, 6.07) is 13.3. The zero-order chi connectivity index (χ0) is 36.9. The first kappa shape index (κ1) is 35.3. The van der Waals surface area contributed by atoms with Gasteiger partial charge in [0.15, 0.2) is 12.4 Å². The molecule has 0 spiro atoms. The number of H-pyrrole nitrogens is 1. The van der Waals surface area contributed by atoms with Crippen molar-refractivity contribution in [1.29, 1.82) is 0 Å². The number of para-hydroxylation sites is 1. The Balaban J connectivity index is 0.797. The lowest BCUT2D eigenvalue weighted by atomic mass is 10.0. The molecule has 3 aromatic heterocycles. The van der Waals surface area contributed by atoms with Crippen molar-refractivity contribution in [3.8, 4) is 17.0 Å². The number of aromatic nitrogens is 5. The molecule has 53 heavy (non-hydrogen) atoms. The Bertz CT molecular complexity index is 2220. The van der Waals surface area contributed by atoms with E-state index in [1.165, 1.54) is 12.1 Å². The number of aromatic amines is 1. The number of nitrogens with zero attached hydrogens (tertiary/aromatic N) is 5. The lowest BCUT2D eigenvalue weighted by Gasteiger charge is -2.27. The van der Waals surface area contributed by atoms with Gasteiger partial charge in [0.25, 0.3) is 17.7 Å². The van der Waals surface area contributed by atoms with Gasteiger partial charge < -0.3 is 20.4 Å². The number of carbonyl (C=O) groups is 5. The van der Waals surface area contributed by atoms with E-state index in [9.17, 15) is 24.0 Å². The van der Waals surface area contributed by atoms with Crippen LogP contribution in [-0.2, 0) is 20.9 Å². The minimum atomic E-state index is -1.08. The second-order valence-electron chi connectivity index (χ2n) is 12.8. The number of carbonyl (C=O) groups excluding carboxylic acids is 5. The molecule has 5 heterocycles. The van der Waals surface area contributed by atoms with Crippen molar-refractivity contribution in [3.05, 3.63) is 83.3 Å². The molecule has 5 aromatic rings. The van der Waals surface area contributed by atoms with Crippen LogP contribution in [0, 0.1) is 0 Å². The third-order valence-electron chi connectivity index (χ3n) is 9.14. The fourth-order valence-electron chi connectivity index (χ4n) is 6.51. The summed E-state index contributed by atoms with van der Waals surface area (Å²) in [6.07, 6.45) is 10.1. The van der Waals surface area contributed by atoms with Gasteiger partial charge in [-0.05, 0) is 37.5 Å². The number of nitrogens with one attached hydrogen (secondary N) is 4. The number of benzene rings is 2. The van der Waals surface area contributed by atoms with Gasteiger partial charge in [-0.1, -0.05) is 55.1 Å². The van der Waals surface area contributed by atoms with Crippen LogP contribution in [0.25, 0.3) is 22.2 Å². The summed E-state index contributed by atoms with van der Waals surface area (Å²) in [6.45, 7) is 0.881. The smallest absolute Gasteiger partial charge is 0.266 e. The molecule has 15 nitrogen and oxygen atoms in total. The van der Waals surface area contributed by atoms with Crippen molar-refractivity contribution >= 4 is 63.8 Å². The molecule has 1 saturated heterocycles. The molecule has 16 heteroatoms. The predicted octanol–water partition coefficient (Wildman–Crippen LogP) is 4.77. The number of aryl methyl sites for hydroxylation is 1. The highest BCUT2D eigenvalue weighted by molar-refractivity contribution is 6.33. The van der Waals surface area contributed by atoms with Gasteiger partial charge >= 0.3 is 0 Å². The number of imide groups is 2. The van der Waals surface area contributed by atoms with Gasteiger partial charge in [-0.3, -0.25) is 38.9 Å². The summed E-state index contributed by atoms with van der Waals surface area (Å²) >= 11 is 6.46. The number of hydrogen-bond donors (Lipinski definition) is 4. The summed E-state index contributed by atoms with van der Waals surface area (Å²) in [5.41, 5.74) is 2.61. The summed E-state index contributed by atoms with van der Waals surface area (Å²) in [7, 11) is 0. The van der Waals surface area contributed by atoms with E-state index in [1.54, 1.807) is 12.3 Å². The summed E-state index contributed by atoms with van der Waals surface area (Å²) in [4.78, 5) is 75.6. The van der Waals surface area contributed by atoms with E-state index in [4.69, 9.17) is 16.3 Å². The summed E-state index contributed by atoms with van der Waals surface area (Å²) in [5.74, 6) is -1.72. The maximum atomic E-state index is 13.2. The second-order valence-corrected chi connectivity index (χ2v) is 13.2. The van der Waals surface area contributed by atoms with Gasteiger partial charge in [-0.25, -0.2) is 9.97 Å². The summed E-state index contributed by atoms with van der Waals surface area (Å²) < 4.78 is 7.51. The zero-order valence-electron chi connectivity index (χ0n) is 28.6. The minimum Gasteiger partial charge on any atom is -0.483 e. The predicted molar refractivity (Wildman–Crippen MR) is 195 cm³/mol. The van der Waals surface area contributed by atoms with Crippen LogP contribution in [0.3, 0.4) is 0 Å². The van der Waals surface area contributed by atoms with Crippen molar-refractivity contribution in [3.63, 3.8) is 0 Å². The first-order valence-corrected chi connectivity index (χ1v) is 17.8. The molecule has 0 radical (unpaired) electrons. The van der Waals surface area contributed by atoms with Crippen molar-refractivity contribution in [2.75, 3.05) is 18.5 Å². The number of halogens is 1. The molecule has 2 aliphatic heterocycles. The topological polar surface area (TPSA) is 193 Å². The third-order valence-corrected chi connectivity index (χ3v) is 9.42. The van der Waals surface area contributed by atoms with Crippen LogP contribution in [0.5, 0.6) is 5.75 Å². The first-order chi connectivity index (χ1) is 25.8. The SMILES string of the molecule is O=C(COc1cccc2c1C(=O)N(C1CCC(=O)NC1=O)C2=O)NCCCCCCCn1ccc(Nc2ncc(Cl)c(-c3c[nH]c4ccccc34)n2)n1. The minimum absolute atomic E-state index is 0.00381. The first-order valence-electron chi connectivity index (χ1n) is 17.4. The van der Waals surface area contributed by atoms with Crippen molar-refractivity contribution < 1.29 is 28.7 Å². The van der Waals surface area contributed by atoms with E-state index in [1.807, 2.05) is 47.4 Å². The number of ether oxygens (including phenoxy) is 1. The Hall–Kier alpha value is -6.09. The zero-order valence-corrected chi connectivity index (χ0v) is 29.3. The average Bonchev–Trinajstić information content (AvgIpc) is 3.86. The highest BCUT2D eigenvalue weighted by Crippen LogP contribution is 2.34. The van der Waals surface area contributed by atoms with Crippen LogP contribution in [0.4, 0.5) is 11.8 Å². The van der Waals surface area contributed by atoms with Crippen molar-refractivity contribution in [1.82, 2.24) is 40.3 Å². The normalized spacial score (nSPS) is 15.5. The van der Waals surface area contributed by atoms with Crippen LogP contribution in [0.15, 0.2) is 67.1 Å². The van der Waals surface area contributed by atoms with Crippen LogP contribution in [0.1, 0.15) is 65.7 Å². The Labute approximate surface area is 308 Å². The largest absolute Gasteiger partial charge is 0.483 e. The molecular formula is C37H36ClN9O6. The standard InChI is InChI=1S/C37H36ClN9O6/c38-25-20-41-37(44-33(25)24-19-40-26-11-5-4-9-22(24)26)42-29-15-18-46(45-29)17-7-3-1-2-6-16-39-31(49)21-53-28-12-8-10-23-32(28)36(52)47(35(23)51)27-13-14-30(48)43-34(27)50/h4-5,8-12,15,18-20,27,40H,1-3,6-7,13-14,16-17,21H2,(H,39,49)(H,43,48,50)(H,41,42,44,45). The number of amides is 5. The Kier molecular flexibility index (Phi) is 10.4. The molecule has 5 amide bonds. The molecule has 1 atom stereocenters. The molecule has 1 unspecified atom stereocenters. The average molecular weight is 738 g/mol. The van der Waals surface area contributed by atoms with Crippen LogP contribution in [-0.4, -0.2) is 78.4 Å². The third kappa shape index (κ3) is 7.74. The molecule has 1 fully saturated rings. The van der Waals surface area contributed by atoms with Crippen LogP contribution < -0.4 is 20.7 Å². The van der Waals surface area contributed by atoms with Gasteiger partial charge in [0.1, 0.15) is 11.8 Å². The maximum absolute atomic E-state index is 13.2. The second kappa shape index (κ2) is 15.7. The number of piperidine rings is 1. The molecule has 0 aliphatic carbocycles. The molecule has 4 N–H and O–H groups in total. The quantitative estimate of drug-likeness (QED) is 0.0860. The molecule has 2 aromatic carbocycles. The highest BCUT2D eigenvalue weighted by Gasteiger charge is 2.46. The highest BCUT2D eigenvalue weighted by atomic mass is 35.5. The molecular weight excluding hydrogens is 702 g/mol. The molecule has 0 saturated carbocycles. The fourth-order valence-corrected chi connectivity index (χ4v) is 6.70. The number of rotatable bonds is 15. The maximum Gasteiger partial charge on any atom is 0.266 e. The fraction of sp³-hybridized carbons (Fsp3) is 0.297. The lowest BCUT2D eigenvalue weighted by molar-refractivity contribution is -0.136. The van der Waals surface area contributed by atoms with Gasteiger partial charge in [0.2, 0.25) is 17.8 Å². The lowest BCUT2D eigenvalue weighted by Crippen LogP contribution is -2.54. The van der Waals surface area contributed by atoms with Crippen LogP contribution in [0.2, 0.25) is 5.02 Å². The van der Waals surface area contributed by atoms with Gasteiger partial charge in [-0.2, -0.15) is 5.10 Å². The van der Waals surface area contributed by atoms with E-state index in [0.29, 0.717) is 29.0 Å². The monoisotopic (exact) mass is 737 g/mol. The van der Waals surface area contributed by atoms with E-state index < -0.39 is 29.7 Å². The Morgan fingerprint density at radius 3 is 2.66 bits per heavy atom. The van der Waals surface area contributed by atoms with Gasteiger partial charge in [-0.15, -0.1) is 0 Å². The van der Waals surface area contributed by atoms with E-state index in [2.05, 4.69) is 36.0 Å². The van der Waals surface area contributed by atoms with E-state index in [0.717, 1.165) is 60.0 Å². The van der Waals surface area contributed by atoms with Gasteiger partial charge in [0.05, 0.1) is 28.0 Å². The summed E-state index contributed by atoms with van der Waals surface area (Å²) in [5, 5.41) is 14.2. The molecule has 272 valence electrons. The Morgan fingerprint density at radius 1 is 0.962 bits per heavy atom. The molecule has 0 bridgehead atoms. The van der Waals surface area contributed by atoms with Gasteiger partial charge in [0, 0.05) is 54.4 Å². The van der Waals surface area contributed by atoms with Crippen molar-refractivity contribution in [2.24, 2.45) is 0 Å². The molecule has 2 aliphatic rings. The Morgan fingerprint density at radius 2 is 1.79 bits per heavy atom. The van der Waals surface area contributed by atoms with Crippen molar-refractivity contribution in [2.45, 2.75) is 57.5 Å².